The summed E-state index contributed by atoms with van der Waals surface area (Å²) in [7, 11) is 0. The predicted molar refractivity (Wildman–Crippen MR) is 76.9 cm³/mol. The molecule has 2 saturated heterocycles. The van der Waals surface area contributed by atoms with Crippen LogP contribution in [0.1, 0.15) is 33.9 Å². The van der Waals surface area contributed by atoms with Crippen LogP contribution in [0.3, 0.4) is 0 Å². The number of rotatable bonds is 2. The molecule has 0 spiro atoms. The van der Waals surface area contributed by atoms with E-state index < -0.39 is 41.6 Å². The van der Waals surface area contributed by atoms with Crippen molar-refractivity contribution in [1.29, 1.82) is 0 Å². The van der Waals surface area contributed by atoms with Crippen molar-refractivity contribution in [2.24, 2.45) is 0 Å². The van der Waals surface area contributed by atoms with Crippen molar-refractivity contribution in [2.75, 3.05) is 5.73 Å². The highest BCUT2D eigenvalue weighted by molar-refractivity contribution is 5.24. The van der Waals surface area contributed by atoms with E-state index in [1.165, 1.54) is 16.8 Å². The van der Waals surface area contributed by atoms with Gasteiger partial charge in [0.15, 0.2) is 12.0 Å². The summed E-state index contributed by atoms with van der Waals surface area (Å²) in [5, 5.41) is 9.98. The van der Waals surface area contributed by atoms with Crippen LogP contribution < -0.4 is 11.4 Å². The molecule has 3 rings (SSSR count). The summed E-state index contributed by atoms with van der Waals surface area (Å²) >= 11 is 0. The number of hydrogen-bond donors (Lipinski definition) is 2. The molecule has 5 unspecified atom stereocenters. The first-order chi connectivity index (χ1) is 10.1. The number of hydrogen-bond acceptors (Lipinski definition) is 7. The van der Waals surface area contributed by atoms with Crippen LogP contribution in [0.4, 0.5) is 5.82 Å². The molecule has 5 atom stereocenters. The third kappa shape index (κ3) is 2.23. The fraction of sp³-hybridized carbons (Fsp3) is 0.714. The number of fused-ring (bicyclic) bond motifs is 1. The highest BCUT2D eigenvalue weighted by Crippen LogP contribution is 2.51. The molecule has 3 heterocycles. The van der Waals surface area contributed by atoms with Gasteiger partial charge >= 0.3 is 5.69 Å². The van der Waals surface area contributed by atoms with E-state index in [2.05, 4.69) is 4.98 Å². The molecule has 2 aliphatic heterocycles. The zero-order valence-corrected chi connectivity index (χ0v) is 13.0. The second-order valence-corrected chi connectivity index (χ2v) is 6.46. The summed E-state index contributed by atoms with van der Waals surface area (Å²) in [5.41, 5.74) is 4.06. The average Bonchev–Trinajstić information content (AvgIpc) is 2.76. The van der Waals surface area contributed by atoms with Crippen LogP contribution in [0.5, 0.6) is 0 Å². The van der Waals surface area contributed by atoms with Gasteiger partial charge in [0, 0.05) is 6.20 Å². The topological polar surface area (TPSA) is 109 Å². The minimum absolute atomic E-state index is 0.136. The van der Waals surface area contributed by atoms with Crippen LogP contribution in [-0.2, 0) is 14.2 Å². The van der Waals surface area contributed by atoms with Gasteiger partial charge in [0.2, 0.25) is 0 Å². The Morgan fingerprint density at radius 1 is 1.45 bits per heavy atom. The minimum atomic E-state index is -0.924. The Balaban J connectivity index is 2.06. The fourth-order valence-corrected chi connectivity index (χ4v) is 3.29. The fourth-order valence-electron chi connectivity index (χ4n) is 3.29. The molecule has 0 saturated carbocycles. The van der Waals surface area contributed by atoms with Crippen LogP contribution in [-0.4, -0.2) is 44.4 Å². The molecule has 0 aromatic carbocycles. The Morgan fingerprint density at radius 2 is 2.14 bits per heavy atom. The predicted octanol–water partition coefficient (Wildman–Crippen LogP) is 0.0139. The first kappa shape index (κ1) is 15.4. The first-order valence-corrected chi connectivity index (χ1v) is 7.20. The number of nitrogens with two attached hydrogens (primary N) is 1. The van der Waals surface area contributed by atoms with Gasteiger partial charge in [-0.05, 0) is 33.8 Å². The SMILES string of the molecule is CC(O)C1OC(n2ccc(N)nc2=O)C2(C)OC(C)(C)OC12. The molecule has 22 heavy (non-hydrogen) atoms. The summed E-state index contributed by atoms with van der Waals surface area (Å²) < 4.78 is 19.1. The molecule has 1 aromatic rings. The van der Waals surface area contributed by atoms with Crippen molar-refractivity contribution in [2.45, 2.75) is 63.6 Å². The van der Waals surface area contributed by atoms with Gasteiger partial charge in [-0.2, -0.15) is 4.98 Å². The molecule has 0 amide bonds. The summed E-state index contributed by atoms with van der Waals surface area (Å²) in [6, 6.07) is 1.51. The molecule has 8 heteroatoms. The van der Waals surface area contributed by atoms with Gasteiger partial charge in [0.25, 0.3) is 0 Å². The van der Waals surface area contributed by atoms with E-state index in [9.17, 15) is 9.90 Å². The molecule has 8 nitrogen and oxygen atoms in total. The van der Waals surface area contributed by atoms with E-state index in [1.54, 1.807) is 20.8 Å². The molecule has 0 radical (unpaired) electrons. The van der Waals surface area contributed by atoms with Crippen molar-refractivity contribution in [1.82, 2.24) is 9.55 Å². The maximum Gasteiger partial charge on any atom is 0.351 e. The number of ether oxygens (including phenoxy) is 3. The average molecular weight is 311 g/mol. The van der Waals surface area contributed by atoms with Gasteiger partial charge < -0.3 is 25.1 Å². The van der Waals surface area contributed by atoms with Crippen LogP contribution in [0.15, 0.2) is 17.1 Å². The Bertz CT molecular complexity index is 644. The smallest absolute Gasteiger partial charge is 0.351 e. The molecule has 2 aliphatic rings. The molecular weight excluding hydrogens is 290 g/mol. The molecule has 1 aromatic heterocycles. The monoisotopic (exact) mass is 311 g/mol. The number of aliphatic hydroxyl groups is 1. The highest BCUT2D eigenvalue weighted by atomic mass is 16.8. The maximum absolute atomic E-state index is 12.1. The zero-order valence-electron chi connectivity index (χ0n) is 13.0. The third-order valence-corrected chi connectivity index (χ3v) is 4.10. The van der Waals surface area contributed by atoms with Crippen LogP contribution in [0.2, 0.25) is 0 Å². The number of aromatic nitrogens is 2. The van der Waals surface area contributed by atoms with Gasteiger partial charge in [0.05, 0.1) is 6.10 Å². The van der Waals surface area contributed by atoms with Gasteiger partial charge in [0.1, 0.15) is 23.6 Å². The summed E-state index contributed by atoms with van der Waals surface area (Å²) in [6.45, 7) is 7.00. The Labute approximate surface area is 127 Å². The standard InChI is InChI=1S/C14H21N3O5/c1-7(18)9-10-14(4,22-13(2,3)21-10)11(20-9)17-6-5-8(15)16-12(17)19/h5-7,9-11,18H,1-4H3,(H2,15,16,19). The van der Waals surface area contributed by atoms with Crippen molar-refractivity contribution in [3.63, 3.8) is 0 Å². The normalized spacial score (nSPS) is 38.0. The van der Waals surface area contributed by atoms with Gasteiger partial charge in [-0.3, -0.25) is 4.57 Å². The number of nitrogen functional groups attached to an aromatic ring is 1. The van der Waals surface area contributed by atoms with Gasteiger partial charge in [-0.15, -0.1) is 0 Å². The summed E-state index contributed by atoms with van der Waals surface area (Å²) in [5.74, 6) is -0.698. The first-order valence-electron chi connectivity index (χ1n) is 7.20. The van der Waals surface area contributed by atoms with Crippen LogP contribution >= 0.6 is 0 Å². The molecule has 0 aliphatic carbocycles. The van der Waals surface area contributed by atoms with E-state index in [0.29, 0.717) is 0 Å². The maximum atomic E-state index is 12.1. The largest absolute Gasteiger partial charge is 0.391 e. The van der Waals surface area contributed by atoms with E-state index in [4.69, 9.17) is 19.9 Å². The van der Waals surface area contributed by atoms with E-state index >= 15 is 0 Å². The van der Waals surface area contributed by atoms with E-state index in [1.807, 2.05) is 6.92 Å². The van der Waals surface area contributed by atoms with Crippen molar-refractivity contribution in [3.8, 4) is 0 Å². The lowest BCUT2D eigenvalue weighted by Crippen LogP contribution is -2.45. The summed E-state index contributed by atoms with van der Waals surface area (Å²) in [6.07, 6.45) is -1.14. The Kier molecular flexibility index (Phi) is 3.33. The Morgan fingerprint density at radius 3 is 2.73 bits per heavy atom. The van der Waals surface area contributed by atoms with Gasteiger partial charge in [-0.1, -0.05) is 0 Å². The van der Waals surface area contributed by atoms with Gasteiger partial charge in [-0.25, -0.2) is 4.79 Å². The lowest BCUT2D eigenvalue weighted by molar-refractivity contribution is -0.222. The third-order valence-electron chi connectivity index (χ3n) is 4.10. The van der Waals surface area contributed by atoms with Crippen molar-refractivity contribution in [3.05, 3.63) is 22.7 Å². The summed E-state index contributed by atoms with van der Waals surface area (Å²) in [4.78, 5) is 15.8. The number of anilines is 1. The minimum Gasteiger partial charge on any atom is -0.391 e. The van der Waals surface area contributed by atoms with Crippen LogP contribution in [0, 0.1) is 0 Å². The lowest BCUT2D eigenvalue weighted by atomic mass is 9.94. The Hall–Kier alpha value is -1.48. The highest BCUT2D eigenvalue weighted by Gasteiger charge is 2.65. The zero-order chi connectivity index (χ0) is 16.3. The molecule has 122 valence electrons. The second kappa shape index (κ2) is 4.76. The molecule has 2 fully saturated rings. The molecule has 3 N–H and O–H groups in total. The lowest BCUT2D eigenvalue weighted by Gasteiger charge is -2.30. The van der Waals surface area contributed by atoms with E-state index in [0.717, 1.165) is 0 Å². The molecular formula is C14H21N3O5. The number of aliphatic hydroxyl groups excluding tert-OH is 1. The number of nitrogens with zero attached hydrogens (tertiary/aromatic N) is 2. The van der Waals surface area contributed by atoms with Crippen molar-refractivity contribution >= 4 is 5.82 Å². The molecule has 0 bridgehead atoms. The van der Waals surface area contributed by atoms with Crippen molar-refractivity contribution < 1.29 is 19.3 Å². The second-order valence-electron chi connectivity index (χ2n) is 6.46. The van der Waals surface area contributed by atoms with E-state index in [-0.39, 0.29) is 5.82 Å². The van der Waals surface area contributed by atoms with Crippen LogP contribution in [0.25, 0.3) is 0 Å². The quantitative estimate of drug-likeness (QED) is 0.792.